The first-order chi connectivity index (χ1) is 10.8. The second-order valence-corrected chi connectivity index (χ2v) is 8.03. The Balaban J connectivity index is 2.12. The highest BCUT2D eigenvalue weighted by Gasteiger charge is 2.25. The van der Waals surface area contributed by atoms with Crippen LogP contribution in [-0.4, -0.2) is 37.2 Å². The predicted octanol–water partition coefficient (Wildman–Crippen LogP) is 3.37. The van der Waals surface area contributed by atoms with E-state index >= 15 is 0 Å². The predicted molar refractivity (Wildman–Crippen MR) is 95.2 cm³/mol. The standard InChI is InChI=1S/C18H24N2O2S/c1-15(2)20(4)23(21,22)19(3)14-16-10-12-18(13-11-16)17-8-6-5-7-9-17/h5-13,15H,14H2,1-4H3. The van der Waals surface area contributed by atoms with Crippen LogP contribution < -0.4 is 0 Å². The van der Waals surface area contributed by atoms with Gasteiger partial charge in [-0.3, -0.25) is 0 Å². The van der Waals surface area contributed by atoms with E-state index in [9.17, 15) is 8.42 Å². The summed E-state index contributed by atoms with van der Waals surface area (Å²) in [6.45, 7) is 4.08. The lowest BCUT2D eigenvalue weighted by Gasteiger charge is -2.27. The summed E-state index contributed by atoms with van der Waals surface area (Å²) in [4.78, 5) is 0. The summed E-state index contributed by atoms with van der Waals surface area (Å²) in [5, 5.41) is 0. The highest BCUT2D eigenvalue weighted by atomic mass is 32.2. The molecule has 0 heterocycles. The average molecular weight is 332 g/mol. The van der Waals surface area contributed by atoms with Gasteiger partial charge in [-0.2, -0.15) is 17.0 Å². The largest absolute Gasteiger partial charge is 0.282 e. The maximum atomic E-state index is 12.4. The summed E-state index contributed by atoms with van der Waals surface area (Å²) in [6.07, 6.45) is 0. The van der Waals surface area contributed by atoms with Crippen LogP contribution in [0.5, 0.6) is 0 Å². The third-order valence-corrected chi connectivity index (χ3v) is 6.02. The van der Waals surface area contributed by atoms with Crippen molar-refractivity contribution in [2.24, 2.45) is 0 Å². The Hall–Kier alpha value is -1.69. The van der Waals surface area contributed by atoms with Gasteiger partial charge >= 0.3 is 0 Å². The van der Waals surface area contributed by atoms with E-state index in [-0.39, 0.29) is 6.04 Å². The lowest BCUT2D eigenvalue weighted by molar-refractivity contribution is 0.355. The topological polar surface area (TPSA) is 40.6 Å². The fourth-order valence-electron chi connectivity index (χ4n) is 2.26. The van der Waals surface area contributed by atoms with Gasteiger partial charge in [0.25, 0.3) is 10.2 Å². The highest BCUT2D eigenvalue weighted by molar-refractivity contribution is 7.86. The van der Waals surface area contributed by atoms with Gasteiger partial charge in [0.1, 0.15) is 0 Å². The lowest BCUT2D eigenvalue weighted by atomic mass is 10.0. The smallest absolute Gasteiger partial charge is 0.195 e. The third kappa shape index (κ3) is 4.19. The number of rotatable bonds is 6. The first-order valence-electron chi connectivity index (χ1n) is 7.66. The molecular formula is C18H24N2O2S. The molecule has 2 aromatic rings. The van der Waals surface area contributed by atoms with Gasteiger partial charge in [-0.25, -0.2) is 0 Å². The molecule has 4 nitrogen and oxygen atoms in total. The van der Waals surface area contributed by atoms with Crippen molar-refractivity contribution in [1.29, 1.82) is 0 Å². The van der Waals surface area contributed by atoms with Crippen molar-refractivity contribution in [3.05, 3.63) is 60.2 Å². The van der Waals surface area contributed by atoms with E-state index in [2.05, 4.69) is 12.1 Å². The third-order valence-electron chi connectivity index (χ3n) is 3.95. The van der Waals surface area contributed by atoms with Crippen LogP contribution in [0, 0.1) is 0 Å². The van der Waals surface area contributed by atoms with E-state index in [4.69, 9.17) is 0 Å². The maximum absolute atomic E-state index is 12.4. The summed E-state index contributed by atoms with van der Waals surface area (Å²) in [5.41, 5.74) is 3.24. The fraction of sp³-hybridized carbons (Fsp3) is 0.333. The summed E-state index contributed by atoms with van der Waals surface area (Å²) < 4.78 is 27.6. The fourth-order valence-corrected chi connectivity index (χ4v) is 3.54. The Kier molecular flexibility index (Phi) is 5.57. The van der Waals surface area contributed by atoms with Gasteiger partial charge in [-0.1, -0.05) is 54.6 Å². The van der Waals surface area contributed by atoms with Crippen LogP contribution in [-0.2, 0) is 16.8 Å². The molecule has 0 saturated heterocycles. The zero-order valence-corrected chi connectivity index (χ0v) is 14.9. The van der Waals surface area contributed by atoms with E-state index in [1.165, 1.54) is 8.61 Å². The second kappa shape index (κ2) is 7.25. The summed E-state index contributed by atoms with van der Waals surface area (Å²) in [6, 6.07) is 18.1. The Labute approximate surface area is 139 Å². The normalized spacial score (nSPS) is 12.3. The quantitative estimate of drug-likeness (QED) is 0.814. The molecule has 0 aromatic heterocycles. The molecule has 23 heavy (non-hydrogen) atoms. The number of benzene rings is 2. The molecule has 124 valence electrons. The SMILES string of the molecule is CC(C)N(C)S(=O)(=O)N(C)Cc1ccc(-c2ccccc2)cc1. The summed E-state index contributed by atoms with van der Waals surface area (Å²) >= 11 is 0. The molecule has 0 fully saturated rings. The van der Waals surface area contributed by atoms with Gasteiger partial charge in [-0.15, -0.1) is 0 Å². The first-order valence-corrected chi connectivity index (χ1v) is 9.05. The molecule has 0 radical (unpaired) electrons. The molecule has 0 aliphatic rings. The zero-order valence-electron chi connectivity index (χ0n) is 14.1. The maximum Gasteiger partial charge on any atom is 0.282 e. The van der Waals surface area contributed by atoms with Gasteiger partial charge in [0.05, 0.1) is 0 Å². The molecule has 2 rings (SSSR count). The minimum Gasteiger partial charge on any atom is -0.195 e. The highest BCUT2D eigenvalue weighted by Crippen LogP contribution is 2.20. The van der Waals surface area contributed by atoms with E-state index in [1.807, 2.05) is 56.3 Å². The molecule has 0 aliphatic heterocycles. The number of nitrogens with zero attached hydrogens (tertiary/aromatic N) is 2. The Morgan fingerprint density at radius 3 is 1.91 bits per heavy atom. The lowest BCUT2D eigenvalue weighted by Crippen LogP contribution is -2.42. The Bertz CT molecular complexity index is 725. The molecular weight excluding hydrogens is 308 g/mol. The Morgan fingerprint density at radius 1 is 0.870 bits per heavy atom. The van der Waals surface area contributed by atoms with Gasteiger partial charge in [0.15, 0.2) is 0 Å². The minimum atomic E-state index is -3.43. The minimum absolute atomic E-state index is 0.0668. The van der Waals surface area contributed by atoms with Crippen molar-refractivity contribution in [3.8, 4) is 11.1 Å². The molecule has 5 heteroatoms. The van der Waals surface area contributed by atoms with Crippen LogP contribution in [0.2, 0.25) is 0 Å². The van der Waals surface area contributed by atoms with Crippen LogP contribution in [0.25, 0.3) is 11.1 Å². The average Bonchev–Trinajstić information content (AvgIpc) is 2.55. The van der Waals surface area contributed by atoms with Crippen LogP contribution in [0.1, 0.15) is 19.4 Å². The zero-order chi connectivity index (χ0) is 17.0. The van der Waals surface area contributed by atoms with Crippen molar-refractivity contribution in [3.63, 3.8) is 0 Å². The van der Waals surface area contributed by atoms with Crippen LogP contribution in [0.15, 0.2) is 54.6 Å². The van der Waals surface area contributed by atoms with Crippen LogP contribution >= 0.6 is 0 Å². The number of hydrogen-bond acceptors (Lipinski definition) is 2. The molecule has 2 aromatic carbocycles. The van der Waals surface area contributed by atoms with Crippen molar-refractivity contribution in [2.45, 2.75) is 26.4 Å². The molecule has 0 N–H and O–H groups in total. The molecule has 0 aliphatic carbocycles. The first kappa shape index (κ1) is 17.7. The van der Waals surface area contributed by atoms with Crippen molar-refractivity contribution < 1.29 is 8.42 Å². The van der Waals surface area contributed by atoms with E-state index in [0.29, 0.717) is 6.54 Å². The molecule has 0 bridgehead atoms. The molecule has 0 atom stereocenters. The number of hydrogen-bond donors (Lipinski definition) is 0. The van der Waals surface area contributed by atoms with Crippen molar-refractivity contribution in [1.82, 2.24) is 8.61 Å². The van der Waals surface area contributed by atoms with Crippen LogP contribution in [0.4, 0.5) is 0 Å². The van der Waals surface area contributed by atoms with E-state index in [0.717, 1.165) is 16.7 Å². The summed E-state index contributed by atoms with van der Waals surface area (Å²) in [7, 11) is -0.215. The summed E-state index contributed by atoms with van der Waals surface area (Å²) in [5.74, 6) is 0. The molecule has 0 saturated carbocycles. The van der Waals surface area contributed by atoms with Crippen LogP contribution in [0.3, 0.4) is 0 Å². The van der Waals surface area contributed by atoms with E-state index < -0.39 is 10.2 Å². The second-order valence-electron chi connectivity index (χ2n) is 5.94. The molecule has 0 amide bonds. The monoisotopic (exact) mass is 332 g/mol. The molecule has 0 unspecified atom stereocenters. The van der Waals surface area contributed by atoms with Crippen molar-refractivity contribution >= 4 is 10.2 Å². The van der Waals surface area contributed by atoms with Gasteiger partial charge in [0, 0.05) is 26.7 Å². The van der Waals surface area contributed by atoms with Gasteiger partial charge in [0.2, 0.25) is 0 Å². The van der Waals surface area contributed by atoms with E-state index in [1.54, 1.807) is 14.1 Å². The van der Waals surface area contributed by atoms with Gasteiger partial charge in [-0.05, 0) is 30.5 Å². The Morgan fingerprint density at radius 2 is 1.39 bits per heavy atom. The van der Waals surface area contributed by atoms with Gasteiger partial charge < -0.3 is 0 Å². The molecule has 0 spiro atoms. The van der Waals surface area contributed by atoms with Crippen molar-refractivity contribution in [2.75, 3.05) is 14.1 Å².